The smallest absolute Gasteiger partial charge is 0.268 e. The minimum Gasteiger partial charge on any atom is -0.376 e. The number of aromatic nitrogens is 1. The van der Waals surface area contributed by atoms with Gasteiger partial charge in [-0.3, -0.25) is 4.79 Å². The van der Waals surface area contributed by atoms with E-state index in [2.05, 4.69) is 33.5 Å². The van der Waals surface area contributed by atoms with E-state index < -0.39 is 0 Å². The van der Waals surface area contributed by atoms with Crippen LogP contribution in [0.1, 0.15) is 28.9 Å². The molecule has 1 N–H and O–H groups in total. The SMILES string of the molecule is O=C(NC[C@H]1CCCO1)c1cc2sccc2n1Cc1ccccc1. The third-order valence-corrected chi connectivity index (χ3v) is 5.31. The molecule has 0 aliphatic carbocycles. The minimum absolute atomic E-state index is 0.0233. The fourth-order valence-electron chi connectivity index (χ4n) is 3.20. The topological polar surface area (TPSA) is 43.3 Å². The van der Waals surface area contributed by atoms with Crippen LogP contribution >= 0.6 is 11.3 Å². The summed E-state index contributed by atoms with van der Waals surface area (Å²) in [6.45, 7) is 2.09. The van der Waals surface area contributed by atoms with Crippen molar-refractivity contribution in [1.82, 2.24) is 9.88 Å². The van der Waals surface area contributed by atoms with Gasteiger partial charge in [0.1, 0.15) is 5.69 Å². The molecule has 0 radical (unpaired) electrons. The lowest BCUT2D eigenvalue weighted by molar-refractivity contribution is 0.0851. The number of hydrogen-bond acceptors (Lipinski definition) is 3. The van der Waals surface area contributed by atoms with Gasteiger partial charge >= 0.3 is 0 Å². The summed E-state index contributed by atoms with van der Waals surface area (Å²) in [5, 5.41) is 5.11. The lowest BCUT2D eigenvalue weighted by atomic mass is 10.2. The van der Waals surface area contributed by atoms with Crippen LogP contribution in [0.5, 0.6) is 0 Å². The molecule has 0 unspecified atom stereocenters. The number of rotatable bonds is 5. The van der Waals surface area contributed by atoms with E-state index in [0.29, 0.717) is 13.1 Å². The zero-order chi connectivity index (χ0) is 16.4. The van der Waals surface area contributed by atoms with Gasteiger partial charge in [0.2, 0.25) is 0 Å². The molecule has 1 saturated heterocycles. The van der Waals surface area contributed by atoms with Gasteiger partial charge in [-0.25, -0.2) is 0 Å². The van der Waals surface area contributed by atoms with Crippen molar-refractivity contribution in [2.75, 3.05) is 13.2 Å². The summed E-state index contributed by atoms with van der Waals surface area (Å²) in [6, 6.07) is 14.3. The molecular formula is C19H20N2O2S. The van der Waals surface area contributed by atoms with Gasteiger partial charge < -0.3 is 14.6 Å². The third kappa shape index (κ3) is 3.09. The minimum atomic E-state index is -0.0233. The van der Waals surface area contributed by atoms with Crippen molar-refractivity contribution in [3.05, 3.63) is 59.1 Å². The molecule has 5 heteroatoms. The van der Waals surface area contributed by atoms with Gasteiger partial charge in [-0.1, -0.05) is 30.3 Å². The Morgan fingerprint density at radius 1 is 1.29 bits per heavy atom. The second-order valence-corrected chi connectivity index (χ2v) is 7.06. The maximum absolute atomic E-state index is 12.7. The molecule has 0 spiro atoms. The molecule has 4 nitrogen and oxygen atoms in total. The van der Waals surface area contributed by atoms with Gasteiger partial charge in [-0.15, -0.1) is 11.3 Å². The average molecular weight is 340 g/mol. The highest BCUT2D eigenvalue weighted by atomic mass is 32.1. The molecule has 0 saturated carbocycles. The van der Waals surface area contributed by atoms with Crippen molar-refractivity contribution >= 4 is 27.5 Å². The Labute approximate surface area is 145 Å². The Morgan fingerprint density at radius 3 is 2.96 bits per heavy atom. The number of thiophene rings is 1. The monoisotopic (exact) mass is 340 g/mol. The fraction of sp³-hybridized carbons (Fsp3) is 0.316. The van der Waals surface area contributed by atoms with Crippen LogP contribution in [0.3, 0.4) is 0 Å². The molecule has 2 aromatic heterocycles. The Morgan fingerprint density at radius 2 is 2.17 bits per heavy atom. The van der Waals surface area contributed by atoms with Crippen molar-refractivity contribution in [3.8, 4) is 0 Å². The number of amides is 1. The van der Waals surface area contributed by atoms with Gasteiger partial charge in [-0.2, -0.15) is 0 Å². The number of ether oxygens (including phenoxy) is 1. The average Bonchev–Trinajstić information content (AvgIpc) is 3.32. The number of benzene rings is 1. The molecule has 1 aromatic carbocycles. The van der Waals surface area contributed by atoms with E-state index in [9.17, 15) is 4.79 Å². The summed E-state index contributed by atoms with van der Waals surface area (Å²) < 4.78 is 8.84. The van der Waals surface area contributed by atoms with Crippen LogP contribution < -0.4 is 5.32 Å². The molecule has 24 heavy (non-hydrogen) atoms. The van der Waals surface area contributed by atoms with Crippen LogP contribution in [0, 0.1) is 0 Å². The maximum atomic E-state index is 12.7. The standard InChI is InChI=1S/C19H20N2O2S/c22-19(20-12-15-7-4-9-23-15)17-11-18-16(8-10-24-18)21(17)13-14-5-2-1-3-6-14/h1-3,5-6,8,10-11,15H,4,7,9,12-13H2,(H,20,22)/t15-/m1/s1. The number of carbonyl (C=O) groups excluding carboxylic acids is 1. The molecule has 3 heterocycles. The highest BCUT2D eigenvalue weighted by Gasteiger charge is 2.20. The number of nitrogens with zero attached hydrogens (tertiary/aromatic N) is 1. The maximum Gasteiger partial charge on any atom is 0.268 e. The first-order chi connectivity index (χ1) is 11.8. The predicted molar refractivity (Wildman–Crippen MR) is 96.7 cm³/mol. The molecule has 4 rings (SSSR count). The third-order valence-electron chi connectivity index (χ3n) is 4.45. The lowest BCUT2D eigenvalue weighted by Crippen LogP contribution is -2.33. The van der Waals surface area contributed by atoms with Crippen molar-refractivity contribution in [2.24, 2.45) is 0 Å². The number of hydrogen-bond donors (Lipinski definition) is 1. The van der Waals surface area contributed by atoms with Gasteiger partial charge in [0.25, 0.3) is 5.91 Å². The van der Waals surface area contributed by atoms with E-state index in [1.807, 2.05) is 24.3 Å². The molecule has 1 aliphatic rings. The van der Waals surface area contributed by atoms with Crippen molar-refractivity contribution in [3.63, 3.8) is 0 Å². The van der Waals surface area contributed by atoms with Crippen molar-refractivity contribution in [1.29, 1.82) is 0 Å². The number of nitrogens with one attached hydrogen (secondary N) is 1. The first kappa shape index (κ1) is 15.4. The van der Waals surface area contributed by atoms with E-state index in [1.165, 1.54) is 5.56 Å². The van der Waals surface area contributed by atoms with Crippen LogP contribution in [0.4, 0.5) is 0 Å². The molecule has 124 valence electrons. The van der Waals surface area contributed by atoms with E-state index in [0.717, 1.165) is 35.4 Å². The Balaban J connectivity index is 1.58. The summed E-state index contributed by atoms with van der Waals surface area (Å²) in [7, 11) is 0. The second kappa shape index (κ2) is 6.79. The molecule has 1 aliphatic heterocycles. The summed E-state index contributed by atoms with van der Waals surface area (Å²) in [5.74, 6) is -0.0233. The number of carbonyl (C=O) groups is 1. The van der Waals surface area contributed by atoms with Crippen LogP contribution in [-0.2, 0) is 11.3 Å². The van der Waals surface area contributed by atoms with E-state index in [-0.39, 0.29) is 12.0 Å². The zero-order valence-electron chi connectivity index (χ0n) is 13.4. The molecule has 1 amide bonds. The molecule has 1 fully saturated rings. The molecule has 0 bridgehead atoms. The van der Waals surface area contributed by atoms with E-state index in [4.69, 9.17) is 4.74 Å². The fourth-order valence-corrected chi connectivity index (χ4v) is 4.03. The zero-order valence-corrected chi connectivity index (χ0v) is 14.2. The van der Waals surface area contributed by atoms with Gasteiger partial charge in [-0.05, 0) is 35.9 Å². The first-order valence-electron chi connectivity index (χ1n) is 8.32. The quantitative estimate of drug-likeness (QED) is 0.770. The van der Waals surface area contributed by atoms with Crippen LogP contribution in [0.2, 0.25) is 0 Å². The second-order valence-electron chi connectivity index (χ2n) is 6.12. The van der Waals surface area contributed by atoms with Crippen LogP contribution in [0.15, 0.2) is 47.8 Å². The Kier molecular flexibility index (Phi) is 4.36. The highest BCUT2D eigenvalue weighted by molar-refractivity contribution is 7.17. The Bertz CT molecular complexity index is 832. The normalized spacial score (nSPS) is 17.4. The van der Waals surface area contributed by atoms with Gasteiger partial charge in [0.15, 0.2) is 0 Å². The van der Waals surface area contributed by atoms with E-state index >= 15 is 0 Å². The molecule has 1 atom stereocenters. The highest BCUT2D eigenvalue weighted by Crippen LogP contribution is 2.26. The van der Waals surface area contributed by atoms with Gasteiger partial charge in [0, 0.05) is 19.7 Å². The van der Waals surface area contributed by atoms with Gasteiger partial charge in [0.05, 0.1) is 16.3 Å². The van der Waals surface area contributed by atoms with Crippen molar-refractivity contribution in [2.45, 2.75) is 25.5 Å². The molecule has 3 aromatic rings. The molecular weight excluding hydrogens is 320 g/mol. The van der Waals surface area contributed by atoms with Crippen LogP contribution in [-0.4, -0.2) is 29.7 Å². The largest absolute Gasteiger partial charge is 0.376 e. The summed E-state index contributed by atoms with van der Waals surface area (Å²) in [4.78, 5) is 12.7. The van der Waals surface area contributed by atoms with Crippen LogP contribution in [0.25, 0.3) is 10.2 Å². The summed E-state index contributed by atoms with van der Waals surface area (Å²) >= 11 is 1.67. The number of fused-ring (bicyclic) bond motifs is 1. The summed E-state index contributed by atoms with van der Waals surface area (Å²) in [5.41, 5.74) is 3.03. The van der Waals surface area contributed by atoms with E-state index in [1.54, 1.807) is 11.3 Å². The predicted octanol–water partition coefficient (Wildman–Crippen LogP) is 3.66. The first-order valence-corrected chi connectivity index (χ1v) is 9.20. The summed E-state index contributed by atoms with van der Waals surface area (Å²) in [6.07, 6.45) is 2.27. The Hall–Kier alpha value is -2.11. The van der Waals surface area contributed by atoms with Crippen molar-refractivity contribution < 1.29 is 9.53 Å². The lowest BCUT2D eigenvalue weighted by Gasteiger charge is -2.13.